The van der Waals surface area contributed by atoms with Gasteiger partial charge in [0.2, 0.25) is 6.10 Å². The number of ether oxygens (including phenoxy) is 1. The fourth-order valence-electron chi connectivity index (χ4n) is 3.75. The Bertz CT molecular complexity index is 1020. The summed E-state index contributed by atoms with van der Waals surface area (Å²) in [6, 6.07) is 8.77. The first-order chi connectivity index (χ1) is 15.8. The van der Waals surface area contributed by atoms with Crippen molar-refractivity contribution in [2.75, 3.05) is 25.0 Å². The summed E-state index contributed by atoms with van der Waals surface area (Å²) < 4.78 is 84.5. The molecule has 2 aromatic carbocycles. The number of alkyl halides is 6. The predicted octanol–water partition coefficient (Wildman–Crippen LogP) is 7.37. The molecule has 1 fully saturated rings. The summed E-state index contributed by atoms with van der Waals surface area (Å²) in [6.07, 6.45) is -12.1. The van der Waals surface area contributed by atoms with Crippen molar-refractivity contribution >= 4 is 35.0 Å². The average molecular weight is 529 g/mol. The summed E-state index contributed by atoms with van der Waals surface area (Å²) in [5, 5.41) is 2.48. The van der Waals surface area contributed by atoms with Gasteiger partial charge in [-0.1, -0.05) is 41.4 Å². The number of carbonyl (C=O) groups excluding carboxylic acids is 1. The summed E-state index contributed by atoms with van der Waals surface area (Å²) in [4.78, 5) is 13.5. The molecule has 0 spiro atoms. The summed E-state index contributed by atoms with van der Waals surface area (Å²) in [5.74, 6) is -0.380. The second kappa shape index (κ2) is 10.6. The van der Waals surface area contributed by atoms with Gasteiger partial charge < -0.3 is 4.74 Å². The SMILES string of the molecule is O=C(Nc1ccc(Cl)c(Cl)c1)OC(CN1CCCC(c2cccc(C(F)(F)F)c2)C1)C(F)(F)F. The zero-order valence-electron chi connectivity index (χ0n) is 17.5. The number of halogens is 8. The maximum absolute atomic E-state index is 13.6. The molecule has 1 aliphatic rings. The molecule has 1 amide bonds. The lowest BCUT2D eigenvalue weighted by Gasteiger charge is -2.35. The Labute approximate surface area is 201 Å². The van der Waals surface area contributed by atoms with E-state index in [0.717, 1.165) is 12.1 Å². The van der Waals surface area contributed by atoms with E-state index in [9.17, 15) is 31.1 Å². The molecule has 0 saturated carbocycles. The molecule has 1 heterocycles. The summed E-state index contributed by atoms with van der Waals surface area (Å²) in [7, 11) is 0. The molecule has 0 aromatic heterocycles. The van der Waals surface area contributed by atoms with Crippen LogP contribution < -0.4 is 5.32 Å². The van der Waals surface area contributed by atoms with Gasteiger partial charge in [-0.05, 0) is 55.1 Å². The normalized spacial score (nSPS) is 18.4. The van der Waals surface area contributed by atoms with Gasteiger partial charge in [0.1, 0.15) is 0 Å². The van der Waals surface area contributed by atoms with Crippen LogP contribution in [0.2, 0.25) is 10.0 Å². The van der Waals surface area contributed by atoms with Crippen molar-refractivity contribution < 1.29 is 35.9 Å². The van der Waals surface area contributed by atoms with Crippen molar-refractivity contribution in [1.29, 1.82) is 0 Å². The van der Waals surface area contributed by atoms with Crippen LogP contribution in [0.4, 0.5) is 36.8 Å². The van der Waals surface area contributed by atoms with Crippen LogP contribution >= 0.6 is 23.2 Å². The van der Waals surface area contributed by atoms with Crippen LogP contribution in [0.25, 0.3) is 0 Å². The first-order valence-electron chi connectivity index (χ1n) is 10.2. The zero-order chi connectivity index (χ0) is 25.1. The van der Waals surface area contributed by atoms with Gasteiger partial charge in [-0.25, -0.2) is 4.79 Å². The lowest BCUT2D eigenvalue weighted by atomic mass is 9.89. The minimum Gasteiger partial charge on any atom is -0.435 e. The average Bonchev–Trinajstić information content (AvgIpc) is 2.75. The topological polar surface area (TPSA) is 41.6 Å². The molecule has 1 N–H and O–H groups in total. The quantitative estimate of drug-likeness (QED) is 0.412. The Morgan fingerprint density at radius 3 is 2.47 bits per heavy atom. The molecule has 0 radical (unpaired) electrons. The molecule has 0 aliphatic carbocycles. The first kappa shape index (κ1) is 26.4. The maximum atomic E-state index is 13.6. The largest absolute Gasteiger partial charge is 0.435 e. The van der Waals surface area contributed by atoms with Gasteiger partial charge in [-0.2, -0.15) is 26.3 Å². The van der Waals surface area contributed by atoms with Crippen LogP contribution in [0.3, 0.4) is 0 Å². The lowest BCUT2D eigenvalue weighted by molar-refractivity contribution is -0.207. The number of carbonyl (C=O) groups is 1. The minimum atomic E-state index is -4.85. The number of hydrogen-bond donors (Lipinski definition) is 1. The number of piperidine rings is 1. The van der Waals surface area contributed by atoms with Crippen LogP contribution in [0.1, 0.15) is 29.9 Å². The molecule has 186 valence electrons. The second-order valence-corrected chi connectivity index (χ2v) is 8.73. The van der Waals surface area contributed by atoms with Gasteiger partial charge in [0.05, 0.1) is 15.6 Å². The van der Waals surface area contributed by atoms with Gasteiger partial charge in [0.15, 0.2) is 0 Å². The highest BCUT2D eigenvalue weighted by molar-refractivity contribution is 6.42. The summed E-state index contributed by atoms with van der Waals surface area (Å²) in [5.41, 5.74) is -0.304. The third kappa shape index (κ3) is 7.16. The van der Waals surface area contributed by atoms with E-state index in [-0.39, 0.29) is 28.2 Å². The van der Waals surface area contributed by atoms with Crippen molar-refractivity contribution in [1.82, 2.24) is 4.90 Å². The number of nitrogens with zero attached hydrogens (tertiary/aromatic N) is 1. The van der Waals surface area contributed by atoms with Crippen LogP contribution in [0.15, 0.2) is 42.5 Å². The van der Waals surface area contributed by atoms with E-state index in [1.807, 2.05) is 0 Å². The number of likely N-dealkylation sites (tertiary alicyclic amines) is 1. The smallest absolute Gasteiger partial charge is 0.426 e. The van der Waals surface area contributed by atoms with Crippen LogP contribution in [0.5, 0.6) is 0 Å². The number of hydrogen-bond acceptors (Lipinski definition) is 3. The van der Waals surface area contributed by atoms with Crippen molar-refractivity contribution in [3.63, 3.8) is 0 Å². The van der Waals surface area contributed by atoms with Crippen molar-refractivity contribution in [2.24, 2.45) is 0 Å². The number of rotatable bonds is 5. The monoisotopic (exact) mass is 528 g/mol. The van der Waals surface area contributed by atoms with Gasteiger partial charge in [-0.15, -0.1) is 0 Å². The van der Waals surface area contributed by atoms with E-state index >= 15 is 0 Å². The van der Waals surface area contributed by atoms with Crippen molar-refractivity contribution in [3.8, 4) is 0 Å². The van der Waals surface area contributed by atoms with Gasteiger partial charge in [-0.3, -0.25) is 10.2 Å². The molecule has 2 aromatic rings. The van der Waals surface area contributed by atoms with E-state index < -0.39 is 36.7 Å². The Balaban J connectivity index is 1.66. The molecule has 4 nitrogen and oxygen atoms in total. The van der Waals surface area contributed by atoms with Gasteiger partial charge >= 0.3 is 18.4 Å². The molecular formula is C22H20Cl2F6N2O2. The second-order valence-electron chi connectivity index (χ2n) is 7.91. The number of nitrogens with one attached hydrogen (secondary N) is 1. The van der Waals surface area contributed by atoms with E-state index in [0.29, 0.717) is 24.9 Å². The number of amides is 1. The molecule has 2 atom stereocenters. The highest BCUT2D eigenvalue weighted by Gasteiger charge is 2.44. The highest BCUT2D eigenvalue weighted by Crippen LogP contribution is 2.34. The van der Waals surface area contributed by atoms with Crippen LogP contribution in [-0.2, 0) is 10.9 Å². The van der Waals surface area contributed by atoms with Gasteiger partial charge in [0, 0.05) is 18.8 Å². The third-order valence-corrected chi connectivity index (χ3v) is 6.13. The molecule has 0 bridgehead atoms. The van der Waals surface area contributed by atoms with Crippen LogP contribution in [0, 0.1) is 0 Å². The number of anilines is 1. The third-order valence-electron chi connectivity index (χ3n) is 5.40. The Morgan fingerprint density at radius 2 is 1.82 bits per heavy atom. The van der Waals surface area contributed by atoms with Gasteiger partial charge in [0.25, 0.3) is 0 Å². The van der Waals surface area contributed by atoms with Crippen LogP contribution in [-0.4, -0.2) is 42.9 Å². The molecule has 1 aliphatic heterocycles. The van der Waals surface area contributed by atoms with E-state index in [1.165, 1.54) is 35.2 Å². The predicted molar refractivity (Wildman–Crippen MR) is 116 cm³/mol. The standard InChI is InChI=1S/C22H20Cl2F6N2O2/c23-17-7-6-16(10-18(17)24)31-20(33)34-19(22(28,29)30)12-32-8-2-4-14(11-32)13-3-1-5-15(9-13)21(25,26)27/h1,3,5-7,9-10,14,19H,2,4,8,11-12H2,(H,31,33). The fourth-order valence-corrected chi connectivity index (χ4v) is 4.05. The highest BCUT2D eigenvalue weighted by atomic mass is 35.5. The molecule has 2 unspecified atom stereocenters. The van der Waals surface area contributed by atoms with E-state index in [4.69, 9.17) is 23.2 Å². The molecule has 34 heavy (non-hydrogen) atoms. The summed E-state index contributed by atoms with van der Waals surface area (Å²) >= 11 is 11.6. The Hall–Kier alpha value is -2.17. The Kier molecular flexibility index (Phi) is 8.26. The van der Waals surface area contributed by atoms with E-state index in [1.54, 1.807) is 0 Å². The fraction of sp³-hybridized carbons (Fsp3) is 0.409. The van der Waals surface area contributed by atoms with E-state index in [2.05, 4.69) is 10.1 Å². The first-order valence-corrected chi connectivity index (χ1v) is 11.0. The van der Waals surface area contributed by atoms with Crippen molar-refractivity contribution in [3.05, 3.63) is 63.6 Å². The molecular weight excluding hydrogens is 509 g/mol. The lowest BCUT2D eigenvalue weighted by Crippen LogP contribution is -2.47. The maximum Gasteiger partial charge on any atom is 0.426 e. The Morgan fingerprint density at radius 1 is 1.09 bits per heavy atom. The molecule has 1 saturated heterocycles. The zero-order valence-corrected chi connectivity index (χ0v) is 19.0. The number of benzene rings is 2. The summed E-state index contributed by atoms with van der Waals surface area (Å²) in [6.45, 7) is -0.251. The molecule has 12 heteroatoms. The van der Waals surface area contributed by atoms with Crippen molar-refractivity contribution in [2.45, 2.75) is 37.2 Å². The minimum absolute atomic E-state index is 0.0980. The molecule has 3 rings (SSSR count).